The predicted molar refractivity (Wildman–Crippen MR) is 64.7 cm³/mol. The summed E-state index contributed by atoms with van der Waals surface area (Å²) in [7, 11) is 1.95. The highest BCUT2D eigenvalue weighted by molar-refractivity contribution is 8.00. The van der Waals surface area contributed by atoms with Gasteiger partial charge >= 0.3 is 0 Å². The van der Waals surface area contributed by atoms with Gasteiger partial charge in [0.25, 0.3) is 0 Å². The highest BCUT2D eigenvalue weighted by Crippen LogP contribution is 2.32. The first-order valence-electron chi connectivity index (χ1n) is 4.97. The summed E-state index contributed by atoms with van der Waals surface area (Å²) in [6, 6.07) is 6.07. The van der Waals surface area contributed by atoms with Crippen LogP contribution in [0.5, 0.6) is 0 Å². The van der Waals surface area contributed by atoms with Crippen molar-refractivity contribution in [2.24, 2.45) is 0 Å². The molecule has 1 aromatic carbocycles. The standard InChI is InChI=1S/C11H14ClNOS/c1-13-5-8-4-9(12)2-3-11(8)15-10-6-14-7-10/h2-4,10,13H,5-7H2,1H3. The Kier molecular flexibility index (Phi) is 3.92. The van der Waals surface area contributed by atoms with Crippen molar-refractivity contribution in [3.63, 3.8) is 0 Å². The Morgan fingerprint density at radius 1 is 1.53 bits per heavy atom. The molecule has 15 heavy (non-hydrogen) atoms. The molecule has 0 aromatic heterocycles. The van der Waals surface area contributed by atoms with Crippen LogP contribution < -0.4 is 5.32 Å². The minimum absolute atomic E-state index is 0.613. The molecule has 1 aromatic rings. The molecule has 1 fully saturated rings. The Hall–Kier alpha value is -0.220. The quantitative estimate of drug-likeness (QED) is 0.878. The van der Waals surface area contributed by atoms with E-state index in [1.807, 2.05) is 30.9 Å². The predicted octanol–water partition coefficient (Wildman–Crippen LogP) is 2.55. The molecule has 0 atom stereocenters. The maximum absolute atomic E-state index is 5.98. The second kappa shape index (κ2) is 5.21. The van der Waals surface area contributed by atoms with E-state index in [1.165, 1.54) is 10.5 Å². The molecule has 1 aliphatic heterocycles. The Bertz CT molecular complexity index is 341. The summed E-state index contributed by atoms with van der Waals surface area (Å²) < 4.78 is 5.17. The van der Waals surface area contributed by atoms with Gasteiger partial charge in [0.1, 0.15) is 0 Å². The third-order valence-corrected chi connectivity index (χ3v) is 3.78. The van der Waals surface area contributed by atoms with Gasteiger partial charge in [-0.15, -0.1) is 11.8 Å². The Balaban J connectivity index is 2.12. The zero-order valence-corrected chi connectivity index (χ0v) is 10.2. The molecule has 1 saturated heterocycles. The third kappa shape index (κ3) is 2.88. The topological polar surface area (TPSA) is 21.3 Å². The van der Waals surface area contributed by atoms with Gasteiger partial charge in [0.05, 0.1) is 18.5 Å². The molecule has 0 saturated carbocycles. The second-order valence-electron chi connectivity index (χ2n) is 3.56. The minimum atomic E-state index is 0.613. The van der Waals surface area contributed by atoms with E-state index in [2.05, 4.69) is 11.4 Å². The van der Waals surface area contributed by atoms with Crippen molar-refractivity contribution >= 4 is 23.4 Å². The summed E-state index contributed by atoms with van der Waals surface area (Å²) in [5.41, 5.74) is 1.27. The van der Waals surface area contributed by atoms with Gasteiger partial charge in [0, 0.05) is 16.5 Å². The van der Waals surface area contributed by atoms with Crippen molar-refractivity contribution in [3.05, 3.63) is 28.8 Å². The lowest BCUT2D eigenvalue weighted by atomic mass is 10.2. The molecule has 0 amide bonds. The number of thioether (sulfide) groups is 1. The molecule has 82 valence electrons. The van der Waals surface area contributed by atoms with Crippen molar-refractivity contribution in [1.29, 1.82) is 0 Å². The van der Waals surface area contributed by atoms with Crippen LogP contribution in [0.15, 0.2) is 23.1 Å². The number of hydrogen-bond acceptors (Lipinski definition) is 3. The zero-order chi connectivity index (χ0) is 10.7. The largest absolute Gasteiger partial charge is 0.379 e. The lowest BCUT2D eigenvalue weighted by molar-refractivity contribution is 0.0455. The summed E-state index contributed by atoms with van der Waals surface area (Å²) >= 11 is 7.86. The highest BCUT2D eigenvalue weighted by atomic mass is 35.5. The van der Waals surface area contributed by atoms with Crippen molar-refractivity contribution < 1.29 is 4.74 Å². The lowest BCUT2D eigenvalue weighted by Gasteiger charge is -2.26. The molecule has 0 aliphatic carbocycles. The number of ether oxygens (including phenoxy) is 1. The number of nitrogens with one attached hydrogen (secondary N) is 1. The van der Waals surface area contributed by atoms with Gasteiger partial charge < -0.3 is 10.1 Å². The Morgan fingerprint density at radius 3 is 2.93 bits per heavy atom. The zero-order valence-electron chi connectivity index (χ0n) is 8.63. The molecular weight excluding hydrogens is 230 g/mol. The minimum Gasteiger partial charge on any atom is -0.379 e. The molecule has 2 rings (SSSR count). The van der Waals surface area contributed by atoms with E-state index >= 15 is 0 Å². The molecule has 1 heterocycles. The van der Waals surface area contributed by atoms with Crippen molar-refractivity contribution in [2.45, 2.75) is 16.7 Å². The Labute approximate surface area is 99.3 Å². The van der Waals surface area contributed by atoms with Gasteiger partial charge in [-0.2, -0.15) is 0 Å². The van der Waals surface area contributed by atoms with Crippen LogP contribution in [0, 0.1) is 0 Å². The first-order valence-corrected chi connectivity index (χ1v) is 6.23. The van der Waals surface area contributed by atoms with Crippen LogP contribution in [0.2, 0.25) is 5.02 Å². The first kappa shape index (κ1) is 11.3. The van der Waals surface area contributed by atoms with Crippen LogP contribution >= 0.6 is 23.4 Å². The maximum atomic E-state index is 5.98. The van der Waals surface area contributed by atoms with Gasteiger partial charge in [-0.1, -0.05) is 11.6 Å². The van der Waals surface area contributed by atoms with Gasteiger partial charge in [0.15, 0.2) is 0 Å². The number of rotatable bonds is 4. The summed E-state index contributed by atoms with van der Waals surface area (Å²) in [4.78, 5) is 1.31. The highest BCUT2D eigenvalue weighted by Gasteiger charge is 2.20. The van der Waals surface area contributed by atoms with E-state index in [4.69, 9.17) is 16.3 Å². The van der Waals surface area contributed by atoms with Crippen molar-refractivity contribution in [2.75, 3.05) is 20.3 Å². The molecule has 0 radical (unpaired) electrons. The van der Waals surface area contributed by atoms with Gasteiger partial charge in [0.2, 0.25) is 0 Å². The van der Waals surface area contributed by atoms with Gasteiger partial charge in [-0.3, -0.25) is 0 Å². The fourth-order valence-corrected chi connectivity index (χ4v) is 2.76. The average Bonchev–Trinajstić information content (AvgIpc) is 2.14. The molecule has 0 spiro atoms. The van der Waals surface area contributed by atoms with E-state index in [-0.39, 0.29) is 0 Å². The van der Waals surface area contributed by atoms with Gasteiger partial charge in [-0.25, -0.2) is 0 Å². The number of halogens is 1. The van der Waals surface area contributed by atoms with Crippen molar-refractivity contribution in [1.82, 2.24) is 5.32 Å². The van der Waals surface area contributed by atoms with E-state index in [9.17, 15) is 0 Å². The smallest absolute Gasteiger partial charge is 0.0611 e. The molecule has 1 aliphatic rings. The summed E-state index contributed by atoms with van der Waals surface area (Å²) in [6.45, 7) is 2.59. The fraction of sp³-hybridized carbons (Fsp3) is 0.455. The lowest BCUT2D eigenvalue weighted by Crippen LogP contribution is -2.30. The van der Waals surface area contributed by atoms with Crippen LogP contribution in [0.25, 0.3) is 0 Å². The van der Waals surface area contributed by atoms with Crippen LogP contribution in [-0.4, -0.2) is 25.5 Å². The first-order chi connectivity index (χ1) is 7.29. The average molecular weight is 244 g/mol. The van der Waals surface area contributed by atoms with Crippen LogP contribution in [-0.2, 0) is 11.3 Å². The maximum Gasteiger partial charge on any atom is 0.0611 e. The monoisotopic (exact) mass is 243 g/mol. The van der Waals surface area contributed by atoms with E-state index in [0.717, 1.165) is 24.8 Å². The van der Waals surface area contributed by atoms with E-state index < -0.39 is 0 Å². The molecule has 2 nitrogen and oxygen atoms in total. The fourth-order valence-electron chi connectivity index (χ4n) is 1.45. The molecule has 4 heteroatoms. The molecule has 0 unspecified atom stereocenters. The molecule has 0 bridgehead atoms. The number of hydrogen-bond donors (Lipinski definition) is 1. The summed E-state index contributed by atoms with van der Waals surface area (Å²) in [5, 5.41) is 4.57. The second-order valence-corrected chi connectivity index (χ2v) is 5.34. The Morgan fingerprint density at radius 2 is 2.33 bits per heavy atom. The third-order valence-electron chi connectivity index (χ3n) is 2.29. The number of benzene rings is 1. The molecular formula is C11H14ClNOS. The van der Waals surface area contributed by atoms with Crippen LogP contribution in [0.1, 0.15) is 5.56 Å². The van der Waals surface area contributed by atoms with Crippen LogP contribution in [0.4, 0.5) is 0 Å². The van der Waals surface area contributed by atoms with E-state index in [0.29, 0.717) is 5.25 Å². The van der Waals surface area contributed by atoms with Crippen LogP contribution in [0.3, 0.4) is 0 Å². The summed E-state index contributed by atoms with van der Waals surface area (Å²) in [6.07, 6.45) is 0. The SMILES string of the molecule is CNCc1cc(Cl)ccc1SC1COC1. The molecule has 1 N–H and O–H groups in total. The van der Waals surface area contributed by atoms with E-state index in [1.54, 1.807) is 0 Å². The van der Waals surface area contributed by atoms with Gasteiger partial charge in [-0.05, 0) is 30.8 Å². The summed E-state index contributed by atoms with van der Waals surface area (Å²) in [5.74, 6) is 0. The van der Waals surface area contributed by atoms with Crippen molar-refractivity contribution in [3.8, 4) is 0 Å². The normalized spacial score (nSPS) is 16.4.